The number of rotatable bonds is 4. The first kappa shape index (κ1) is 25.0. The van der Waals surface area contributed by atoms with Crippen LogP contribution >= 0.6 is 0 Å². The van der Waals surface area contributed by atoms with Gasteiger partial charge in [0.15, 0.2) is 0 Å². The summed E-state index contributed by atoms with van der Waals surface area (Å²) in [5.74, 6) is 0. The largest absolute Gasteiger partial charge is 0.310 e. The molecule has 1 heterocycles. The molecule has 0 fully saturated rings. The zero-order valence-electron chi connectivity index (χ0n) is 35.6. The van der Waals surface area contributed by atoms with E-state index in [1.54, 1.807) is 0 Å². The highest BCUT2D eigenvalue weighted by Crippen LogP contribution is 2.63. The second-order valence-corrected chi connectivity index (χ2v) is 14.4. The van der Waals surface area contributed by atoms with Gasteiger partial charge in [0, 0.05) is 33.4 Å². The van der Waals surface area contributed by atoms with Crippen molar-refractivity contribution in [2.45, 2.75) is 5.41 Å². The third kappa shape index (κ3) is 4.03. The molecule has 2 aliphatic carbocycles. The van der Waals surface area contributed by atoms with Crippen molar-refractivity contribution in [3.63, 3.8) is 0 Å². The maximum absolute atomic E-state index is 9.78. The first-order chi connectivity index (χ1) is 29.8. The summed E-state index contributed by atoms with van der Waals surface area (Å²) in [7, 11) is 0. The Morgan fingerprint density at radius 3 is 1.95 bits per heavy atom. The predicted molar refractivity (Wildman–Crippen MR) is 229 cm³/mol. The fourth-order valence-corrected chi connectivity index (χ4v) is 9.63. The van der Waals surface area contributed by atoms with E-state index in [9.17, 15) is 4.11 Å². The minimum Gasteiger partial charge on any atom is -0.310 e. The molecule has 12 rings (SSSR count). The van der Waals surface area contributed by atoms with E-state index in [0.29, 0.717) is 16.5 Å². The highest BCUT2D eigenvalue weighted by Gasteiger charge is 2.51. The summed E-state index contributed by atoms with van der Waals surface area (Å²) in [6.45, 7) is 0. The van der Waals surface area contributed by atoms with Crippen LogP contribution in [0.1, 0.15) is 30.5 Å². The highest BCUT2D eigenvalue weighted by atomic mass is 15.1. The Hall–Kier alpha value is -7.16. The third-order valence-corrected chi connectivity index (χ3v) is 11.7. The summed E-state index contributed by atoms with van der Waals surface area (Å²) in [5.41, 5.74) is 11.3. The van der Waals surface area contributed by atoms with Crippen molar-refractivity contribution in [1.29, 1.82) is 0 Å². The Kier molecular flexibility index (Phi) is 5.18. The Bertz CT molecular complexity index is 3500. The van der Waals surface area contributed by atoms with Gasteiger partial charge in [0.1, 0.15) is 0 Å². The van der Waals surface area contributed by atoms with Gasteiger partial charge in [0.25, 0.3) is 0 Å². The van der Waals surface area contributed by atoms with E-state index in [1.165, 1.54) is 0 Å². The number of para-hydroxylation sites is 3. The van der Waals surface area contributed by atoms with Crippen LogP contribution in [0.5, 0.6) is 0 Å². The Morgan fingerprint density at radius 1 is 0.455 bits per heavy atom. The molecule has 0 N–H and O–H groups in total. The van der Waals surface area contributed by atoms with Crippen LogP contribution in [0.15, 0.2) is 206 Å². The molecule has 55 heavy (non-hydrogen) atoms. The summed E-state index contributed by atoms with van der Waals surface area (Å²) in [6.07, 6.45) is 0. The molecule has 0 amide bonds. The monoisotopic (exact) mass is 704 g/mol. The van der Waals surface area contributed by atoms with Crippen LogP contribution in [-0.2, 0) is 5.41 Å². The molecule has 0 aliphatic heterocycles. The van der Waals surface area contributed by atoms with E-state index in [4.69, 9.17) is 4.11 Å². The molecule has 1 aromatic heterocycles. The molecule has 1 spiro atoms. The fourth-order valence-electron chi connectivity index (χ4n) is 9.63. The zero-order valence-corrected chi connectivity index (χ0v) is 29.6. The number of hydrogen-bond acceptors (Lipinski definition) is 1. The molecule has 1 unspecified atom stereocenters. The van der Waals surface area contributed by atoms with Crippen molar-refractivity contribution in [1.82, 2.24) is 4.57 Å². The number of nitrogens with zero attached hydrogens (tertiary/aromatic N) is 2. The second-order valence-electron chi connectivity index (χ2n) is 14.4. The summed E-state index contributed by atoms with van der Waals surface area (Å²) in [6, 6.07) is 57.2. The zero-order chi connectivity index (χ0) is 41.3. The van der Waals surface area contributed by atoms with Crippen molar-refractivity contribution < 1.29 is 8.22 Å². The van der Waals surface area contributed by atoms with Crippen LogP contribution in [0.3, 0.4) is 0 Å². The van der Waals surface area contributed by atoms with Gasteiger partial charge in [-0.05, 0) is 104 Å². The molecule has 2 heteroatoms. The lowest BCUT2D eigenvalue weighted by Crippen LogP contribution is -2.31. The lowest BCUT2D eigenvalue weighted by molar-refractivity contribution is 0.773. The fraction of sp³-hybridized carbons (Fsp3) is 0.0189. The van der Waals surface area contributed by atoms with Gasteiger partial charge >= 0.3 is 0 Å². The third-order valence-electron chi connectivity index (χ3n) is 11.7. The summed E-state index contributed by atoms with van der Waals surface area (Å²) < 4.78 is 57.7. The van der Waals surface area contributed by atoms with E-state index in [-0.39, 0.29) is 41.6 Å². The number of benzene rings is 9. The van der Waals surface area contributed by atoms with E-state index >= 15 is 0 Å². The van der Waals surface area contributed by atoms with Crippen LogP contribution in [0.25, 0.3) is 60.5 Å². The number of hydrogen-bond donors (Lipinski definition) is 0. The quantitative estimate of drug-likeness (QED) is 0.177. The molecule has 0 saturated heterocycles. The molecule has 2 nitrogen and oxygen atoms in total. The highest BCUT2D eigenvalue weighted by molar-refractivity contribution is 6.12. The Morgan fingerprint density at radius 2 is 1.11 bits per heavy atom. The smallest absolute Gasteiger partial charge is 0.0726 e. The summed E-state index contributed by atoms with van der Waals surface area (Å²) >= 11 is 0. The van der Waals surface area contributed by atoms with Crippen LogP contribution in [-0.4, -0.2) is 4.57 Å². The molecule has 0 radical (unpaired) electrons. The first-order valence-electron chi connectivity index (χ1n) is 21.6. The number of aromatic nitrogens is 1. The van der Waals surface area contributed by atoms with E-state index < -0.39 is 5.41 Å². The average molecular weight is 705 g/mol. The minimum absolute atomic E-state index is 0.113. The van der Waals surface area contributed by atoms with Gasteiger partial charge < -0.3 is 9.47 Å². The van der Waals surface area contributed by atoms with Crippen LogP contribution in [0.4, 0.5) is 17.1 Å². The predicted octanol–water partition coefficient (Wildman–Crippen LogP) is 13.8. The Balaban J connectivity index is 1.20. The molecule has 0 bridgehead atoms. The van der Waals surface area contributed by atoms with Crippen LogP contribution < -0.4 is 4.90 Å². The molecule has 10 aromatic rings. The normalized spacial score (nSPS) is 16.5. The van der Waals surface area contributed by atoms with Crippen molar-refractivity contribution >= 4 is 49.6 Å². The number of anilines is 3. The van der Waals surface area contributed by atoms with Crippen molar-refractivity contribution in [3.05, 3.63) is 228 Å². The van der Waals surface area contributed by atoms with E-state index in [2.05, 4.69) is 119 Å². The molecular formula is C53H34N2. The molecule has 0 saturated carbocycles. The maximum Gasteiger partial charge on any atom is 0.0726 e. The summed E-state index contributed by atoms with van der Waals surface area (Å²) in [4.78, 5) is 2.31. The molecule has 1 atom stereocenters. The van der Waals surface area contributed by atoms with Crippen LogP contribution in [0, 0.1) is 0 Å². The molecular weight excluding hydrogens is 665 g/mol. The standard InChI is InChI=1S/C53H34N2/c1-3-18-36(19-4-1)54(38-32-33-49-43(34-38)40-23-9-12-30-48(40)55(49)37-20-5-2-6-21-37)50-31-15-29-47-52(50)42-24-8-11-27-45(42)53(47)44-26-10-7-22-39(44)41-25-13-16-35-17-14-28-46(53)51(35)41/h1-34H/i13D,14D,16D,17D,25D,28D. The van der Waals surface area contributed by atoms with Gasteiger partial charge in [0.2, 0.25) is 0 Å². The first-order valence-corrected chi connectivity index (χ1v) is 18.6. The SMILES string of the molecule is [2H]c1c([2H])c2c3c(c([2H])c([2H])c([2H])c3c1[2H])C1(c3ccccc3-c3c(N(c4ccccc4)c4ccc5c(c4)c4ccccc4n5-c4ccccc4)cccc31)c1ccccc1-2. The second kappa shape index (κ2) is 11.4. The molecule has 256 valence electrons. The molecule has 2 aliphatic rings. The van der Waals surface area contributed by atoms with Crippen molar-refractivity contribution in [2.75, 3.05) is 4.90 Å². The Labute approximate surface area is 328 Å². The van der Waals surface area contributed by atoms with Crippen LogP contribution in [0.2, 0.25) is 0 Å². The van der Waals surface area contributed by atoms with Gasteiger partial charge in [-0.1, -0.05) is 152 Å². The van der Waals surface area contributed by atoms with Gasteiger partial charge in [-0.25, -0.2) is 0 Å². The average Bonchev–Trinajstić information content (AvgIpc) is 3.79. The van der Waals surface area contributed by atoms with E-state index in [0.717, 1.165) is 77.9 Å². The van der Waals surface area contributed by atoms with Gasteiger partial charge in [-0.15, -0.1) is 0 Å². The van der Waals surface area contributed by atoms with Gasteiger partial charge in [-0.3, -0.25) is 0 Å². The lowest BCUT2D eigenvalue weighted by atomic mass is 9.61. The minimum atomic E-state index is -1.15. The van der Waals surface area contributed by atoms with Crippen molar-refractivity contribution in [2.24, 2.45) is 0 Å². The van der Waals surface area contributed by atoms with Gasteiger partial charge in [-0.2, -0.15) is 0 Å². The maximum atomic E-state index is 9.78. The topological polar surface area (TPSA) is 8.17 Å². The van der Waals surface area contributed by atoms with Crippen molar-refractivity contribution in [3.8, 4) is 27.9 Å². The molecule has 9 aromatic carbocycles. The van der Waals surface area contributed by atoms with Gasteiger partial charge in [0.05, 0.1) is 30.4 Å². The van der Waals surface area contributed by atoms with E-state index in [1.807, 2.05) is 60.7 Å². The lowest BCUT2D eigenvalue weighted by Gasteiger charge is -2.40. The number of fused-ring (bicyclic) bond motifs is 12. The summed E-state index contributed by atoms with van der Waals surface area (Å²) in [5, 5.41) is 2.83.